The van der Waals surface area contributed by atoms with Crippen molar-refractivity contribution in [3.05, 3.63) is 128 Å². The van der Waals surface area contributed by atoms with Gasteiger partial charge in [-0.25, -0.2) is 4.98 Å². The van der Waals surface area contributed by atoms with Crippen LogP contribution in [-0.4, -0.2) is 17.5 Å². The molecule has 1 aliphatic rings. The summed E-state index contributed by atoms with van der Waals surface area (Å²) in [6.07, 6.45) is 1.69. The van der Waals surface area contributed by atoms with Crippen molar-refractivity contribution >= 4 is 38.6 Å². The summed E-state index contributed by atoms with van der Waals surface area (Å²) in [6.45, 7) is 4.60. The lowest BCUT2D eigenvalue weighted by molar-refractivity contribution is 0.0970. The first-order valence-electron chi connectivity index (χ1n) is 12.9. The van der Waals surface area contributed by atoms with E-state index in [-0.39, 0.29) is 16.8 Å². The minimum atomic E-state index is -0.778. The molecule has 200 valence electrons. The number of carbonyl (C=O) groups is 1. The smallest absolute Gasteiger partial charge is 0.296 e. The van der Waals surface area contributed by atoms with Crippen molar-refractivity contribution in [1.82, 2.24) is 4.98 Å². The van der Waals surface area contributed by atoms with Crippen molar-refractivity contribution in [2.45, 2.75) is 26.5 Å². The van der Waals surface area contributed by atoms with Crippen LogP contribution in [0.4, 0.5) is 5.82 Å². The summed E-state index contributed by atoms with van der Waals surface area (Å²) >= 11 is 3.44. The molecule has 7 nitrogen and oxygen atoms in total. The Morgan fingerprint density at radius 2 is 1.77 bits per heavy atom. The zero-order chi connectivity index (χ0) is 27.8. The first-order valence-corrected chi connectivity index (χ1v) is 13.7. The molecular weight excluding hydrogens is 572 g/mol. The number of anilines is 1. The Morgan fingerprint density at radius 3 is 2.52 bits per heavy atom. The third-order valence-electron chi connectivity index (χ3n) is 6.80. The van der Waals surface area contributed by atoms with Crippen LogP contribution < -0.4 is 19.8 Å². The van der Waals surface area contributed by atoms with E-state index in [2.05, 4.69) is 20.9 Å². The molecule has 2 aromatic heterocycles. The molecule has 3 aromatic carbocycles. The third-order valence-corrected chi connectivity index (χ3v) is 7.29. The van der Waals surface area contributed by atoms with Gasteiger partial charge in [-0.15, -0.1) is 0 Å². The molecule has 0 bridgehead atoms. The number of rotatable bonds is 7. The first kappa shape index (κ1) is 25.8. The highest BCUT2D eigenvalue weighted by Gasteiger charge is 2.44. The van der Waals surface area contributed by atoms with E-state index < -0.39 is 11.9 Å². The maximum atomic E-state index is 13.9. The summed E-state index contributed by atoms with van der Waals surface area (Å²) in [7, 11) is 0. The maximum absolute atomic E-state index is 13.9. The highest BCUT2D eigenvalue weighted by atomic mass is 79.9. The molecule has 0 fully saturated rings. The normalized spacial score (nSPS) is 14.4. The molecule has 0 aliphatic carbocycles. The zero-order valence-electron chi connectivity index (χ0n) is 21.9. The molecular formula is C32H25BrN2O5. The molecule has 40 heavy (non-hydrogen) atoms. The van der Waals surface area contributed by atoms with E-state index in [1.165, 1.54) is 4.90 Å². The molecule has 0 spiro atoms. The van der Waals surface area contributed by atoms with Crippen molar-refractivity contribution in [2.75, 3.05) is 11.5 Å². The summed E-state index contributed by atoms with van der Waals surface area (Å²) in [5.74, 6) is 1.07. The zero-order valence-corrected chi connectivity index (χ0v) is 23.5. The molecule has 0 N–H and O–H groups in total. The van der Waals surface area contributed by atoms with Crippen molar-refractivity contribution < 1.29 is 18.7 Å². The van der Waals surface area contributed by atoms with E-state index in [1.807, 2.05) is 68.4 Å². The first-order chi connectivity index (χ1) is 19.4. The number of amides is 1. The lowest BCUT2D eigenvalue weighted by atomic mass is 9.98. The van der Waals surface area contributed by atoms with E-state index in [0.29, 0.717) is 47.1 Å². The number of pyridine rings is 1. The number of fused-ring (bicyclic) bond motifs is 2. The quantitative estimate of drug-likeness (QED) is 0.201. The largest absolute Gasteiger partial charge is 0.490 e. The molecule has 6 rings (SSSR count). The fraction of sp³-hybridized carbons (Fsp3) is 0.156. The summed E-state index contributed by atoms with van der Waals surface area (Å²) in [6, 6.07) is 23.4. The Bertz CT molecular complexity index is 1780. The van der Waals surface area contributed by atoms with E-state index in [1.54, 1.807) is 30.5 Å². The van der Waals surface area contributed by atoms with Gasteiger partial charge in [-0.3, -0.25) is 14.5 Å². The number of nitrogens with zero attached hydrogens (tertiary/aromatic N) is 2. The van der Waals surface area contributed by atoms with Gasteiger partial charge in [0.2, 0.25) is 5.76 Å². The second kappa shape index (κ2) is 10.6. The van der Waals surface area contributed by atoms with Gasteiger partial charge in [0.1, 0.15) is 18.0 Å². The molecule has 1 aliphatic heterocycles. The number of carbonyl (C=O) groups excluding carboxylic acids is 1. The maximum Gasteiger partial charge on any atom is 0.296 e. The van der Waals surface area contributed by atoms with Gasteiger partial charge in [0.05, 0.1) is 23.6 Å². The van der Waals surface area contributed by atoms with Crippen LogP contribution >= 0.6 is 15.9 Å². The van der Waals surface area contributed by atoms with Crippen molar-refractivity contribution in [3.63, 3.8) is 0 Å². The van der Waals surface area contributed by atoms with Crippen LogP contribution in [0.5, 0.6) is 11.5 Å². The van der Waals surface area contributed by atoms with Crippen LogP contribution in [0.2, 0.25) is 0 Å². The average molecular weight is 597 g/mol. The van der Waals surface area contributed by atoms with E-state index >= 15 is 0 Å². The monoisotopic (exact) mass is 596 g/mol. The Hall–Kier alpha value is -4.43. The Kier molecular flexibility index (Phi) is 6.86. The van der Waals surface area contributed by atoms with Gasteiger partial charge in [-0.2, -0.15) is 0 Å². The second-order valence-electron chi connectivity index (χ2n) is 9.50. The van der Waals surface area contributed by atoms with Crippen LogP contribution in [0.3, 0.4) is 0 Å². The number of halogens is 1. The van der Waals surface area contributed by atoms with E-state index in [0.717, 1.165) is 15.6 Å². The minimum Gasteiger partial charge on any atom is -0.490 e. The topological polar surface area (TPSA) is 81.9 Å². The van der Waals surface area contributed by atoms with Crippen molar-refractivity contribution in [2.24, 2.45) is 0 Å². The van der Waals surface area contributed by atoms with Crippen LogP contribution in [0.25, 0.3) is 11.0 Å². The molecule has 5 aromatic rings. The van der Waals surface area contributed by atoms with Gasteiger partial charge in [0.15, 0.2) is 16.9 Å². The standard InChI is InChI=1S/C32H25BrN2O5/c1-3-38-26-15-21(10-12-25(26)39-18-20-7-5-4-6-8-20)29-28-30(36)23-16-22(33)11-13-24(23)40-31(28)32(37)35(29)27-14-9-19(2)17-34-27/h4-17,29H,3,18H2,1-2H3. The van der Waals surface area contributed by atoms with Crippen LogP contribution in [0.15, 0.2) is 98.7 Å². The minimum absolute atomic E-state index is 0.00885. The molecule has 0 saturated carbocycles. The van der Waals surface area contributed by atoms with Crippen LogP contribution in [-0.2, 0) is 6.61 Å². The lowest BCUT2D eigenvalue weighted by Crippen LogP contribution is -2.30. The van der Waals surface area contributed by atoms with Gasteiger partial charge in [-0.1, -0.05) is 58.4 Å². The summed E-state index contributed by atoms with van der Waals surface area (Å²) in [5, 5.41) is 0.387. The fourth-order valence-corrected chi connectivity index (χ4v) is 5.28. The molecule has 0 radical (unpaired) electrons. The van der Waals surface area contributed by atoms with Crippen molar-refractivity contribution in [1.29, 1.82) is 0 Å². The van der Waals surface area contributed by atoms with Crippen LogP contribution in [0.1, 0.15) is 45.8 Å². The average Bonchev–Trinajstić information content (AvgIpc) is 3.26. The highest BCUT2D eigenvalue weighted by Crippen LogP contribution is 2.43. The van der Waals surface area contributed by atoms with Gasteiger partial charge < -0.3 is 13.9 Å². The van der Waals surface area contributed by atoms with Gasteiger partial charge in [-0.05, 0) is 66.9 Å². The number of hydrogen-bond donors (Lipinski definition) is 0. The SMILES string of the molecule is CCOc1cc(C2c3c(oc4ccc(Br)cc4c3=O)C(=O)N2c2ccc(C)cn2)ccc1OCc1ccccc1. The molecule has 0 saturated heterocycles. The molecule has 8 heteroatoms. The van der Waals surface area contributed by atoms with Gasteiger partial charge >= 0.3 is 0 Å². The number of aromatic nitrogens is 1. The predicted molar refractivity (Wildman–Crippen MR) is 156 cm³/mol. The number of hydrogen-bond acceptors (Lipinski definition) is 6. The van der Waals surface area contributed by atoms with E-state index in [4.69, 9.17) is 13.9 Å². The Labute approximate surface area is 239 Å². The highest BCUT2D eigenvalue weighted by molar-refractivity contribution is 9.10. The summed E-state index contributed by atoms with van der Waals surface area (Å²) in [5.41, 5.74) is 2.99. The van der Waals surface area contributed by atoms with E-state index in [9.17, 15) is 9.59 Å². The summed E-state index contributed by atoms with van der Waals surface area (Å²) < 4.78 is 18.9. The van der Waals surface area contributed by atoms with Gasteiger partial charge in [0.25, 0.3) is 5.91 Å². The third kappa shape index (κ3) is 4.64. The Morgan fingerprint density at radius 1 is 0.950 bits per heavy atom. The lowest BCUT2D eigenvalue weighted by Gasteiger charge is -2.25. The number of ether oxygens (including phenoxy) is 2. The van der Waals surface area contributed by atoms with Crippen molar-refractivity contribution in [3.8, 4) is 11.5 Å². The Balaban J connectivity index is 1.50. The molecule has 1 unspecified atom stereocenters. The summed E-state index contributed by atoms with van der Waals surface area (Å²) in [4.78, 5) is 33.8. The molecule has 3 heterocycles. The molecule has 1 atom stereocenters. The van der Waals surface area contributed by atoms with Gasteiger partial charge in [0, 0.05) is 10.7 Å². The number of benzene rings is 3. The van der Waals surface area contributed by atoms with Crippen LogP contribution in [0, 0.1) is 6.92 Å². The predicted octanol–water partition coefficient (Wildman–Crippen LogP) is 6.99. The second-order valence-corrected chi connectivity index (χ2v) is 10.4. The fourth-order valence-electron chi connectivity index (χ4n) is 4.92. The molecule has 1 amide bonds. The number of aryl methyl sites for hydroxylation is 1.